The summed E-state index contributed by atoms with van der Waals surface area (Å²) in [4.78, 5) is 18.2. The van der Waals surface area contributed by atoms with E-state index in [0.29, 0.717) is 37.6 Å². The molecule has 1 aliphatic rings. The summed E-state index contributed by atoms with van der Waals surface area (Å²) in [5, 5.41) is 5.45. The standard InChI is InChI=1S/C19H20N4O5S2/c1-12-4-3-5-13(2)16(12)22-30(25,26)15-10-14(11-29-15)17-20-18(28-21-17)19(24)23-6-8-27-9-7-23/h3-5,10-11,22H,6-9H2,1-2H3. The van der Waals surface area contributed by atoms with Crippen LogP contribution in [0.2, 0.25) is 0 Å². The second kappa shape index (κ2) is 8.17. The Hall–Kier alpha value is -2.76. The first-order valence-corrected chi connectivity index (χ1v) is 11.6. The van der Waals surface area contributed by atoms with Gasteiger partial charge in [0.1, 0.15) is 4.21 Å². The number of amides is 1. The summed E-state index contributed by atoms with van der Waals surface area (Å²) in [7, 11) is -3.78. The van der Waals surface area contributed by atoms with Crippen LogP contribution in [-0.4, -0.2) is 55.7 Å². The highest BCUT2D eigenvalue weighted by molar-refractivity contribution is 7.94. The fourth-order valence-electron chi connectivity index (χ4n) is 3.06. The van der Waals surface area contributed by atoms with Crippen LogP contribution in [0.5, 0.6) is 0 Å². The van der Waals surface area contributed by atoms with Gasteiger partial charge in [-0.3, -0.25) is 9.52 Å². The lowest BCUT2D eigenvalue weighted by molar-refractivity contribution is 0.0272. The number of para-hydroxylation sites is 1. The van der Waals surface area contributed by atoms with Crippen LogP contribution in [0.1, 0.15) is 21.8 Å². The SMILES string of the molecule is Cc1cccc(C)c1NS(=O)(=O)c1cc(-c2noc(C(=O)N3CCOCC3)n2)cs1. The highest BCUT2D eigenvalue weighted by Gasteiger charge is 2.25. The summed E-state index contributed by atoms with van der Waals surface area (Å²) >= 11 is 1.04. The van der Waals surface area contributed by atoms with Crippen molar-refractivity contribution in [3.63, 3.8) is 0 Å². The first-order valence-electron chi connectivity index (χ1n) is 9.24. The second-order valence-corrected chi connectivity index (χ2v) is 9.67. The second-order valence-electron chi connectivity index (χ2n) is 6.85. The van der Waals surface area contributed by atoms with Gasteiger partial charge in [0.25, 0.3) is 10.0 Å². The molecule has 0 aliphatic carbocycles. The molecule has 1 saturated heterocycles. The Morgan fingerprint density at radius 1 is 1.20 bits per heavy atom. The molecule has 158 valence electrons. The Morgan fingerprint density at radius 2 is 1.90 bits per heavy atom. The molecule has 3 heterocycles. The number of sulfonamides is 1. The highest BCUT2D eigenvalue weighted by Crippen LogP contribution is 2.30. The molecular weight excluding hydrogens is 428 g/mol. The Kier molecular flexibility index (Phi) is 5.58. The minimum absolute atomic E-state index is 0.117. The van der Waals surface area contributed by atoms with Gasteiger partial charge in [-0.15, -0.1) is 11.3 Å². The van der Waals surface area contributed by atoms with Gasteiger partial charge >= 0.3 is 11.8 Å². The van der Waals surface area contributed by atoms with Crippen molar-refractivity contribution in [2.75, 3.05) is 31.0 Å². The van der Waals surface area contributed by atoms with Crippen molar-refractivity contribution in [2.45, 2.75) is 18.1 Å². The van der Waals surface area contributed by atoms with E-state index in [1.807, 2.05) is 32.0 Å². The number of hydrogen-bond donors (Lipinski definition) is 1. The first-order chi connectivity index (χ1) is 14.3. The number of aromatic nitrogens is 2. The van der Waals surface area contributed by atoms with Gasteiger partial charge in [0.2, 0.25) is 5.82 Å². The number of morpholine rings is 1. The van der Waals surface area contributed by atoms with Gasteiger partial charge in [0.05, 0.1) is 18.9 Å². The first kappa shape index (κ1) is 20.5. The fourth-order valence-corrected chi connectivity index (χ4v) is 5.43. The van der Waals surface area contributed by atoms with Crippen molar-refractivity contribution < 1.29 is 22.5 Å². The zero-order valence-corrected chi connectivity index (χ0v) is 18.0. The van der Waals surface area contributed by atoms with E-state index in [1.165, 1.54) is 6.07 Å². The molecule has 1 fully saturated rings. The van der Waals surface area contributed by atoms with Gasteiger partial charge in [-0.05, 0) is 31.0 Å². The number of benzene rings is 1. The van der Waals surface area contributed by atoms with Crippen molar-refractivity contribution in [3.05, 3.63) is 46.7 Å². The number of hydrogen-bond acceptors (Lipinski definition) is 8. The molecule has 30 heavy (non-hydrogen) atoms. The van der Waals surface area contributed by atoms with Crippen molar-refractivity contribution in [1.29, 1.82) is 0 Å². The van der Waals surface area contributed by atoms with Crippen molar-refractivity contribution in [2.24, 2.45) is 0 Å². The van der Waals surface area contributed by atoms with E-state index in [-0.39, 0.29) is 21.8 Å². The molecule has 0 saturated carbocycles. The number of carbonyl (C=O) groups excluding carboxylic acids is 1. The number of carbonyl (C=O) groups is 1. The van der Waals surface area contributed by atoms with E-state index >= 15 is 0 Å². The normalized spacial score (nSPS) is 14.7. The van der Waals surface area contributed by atoms with Gasteiger partial charge in [-0.1, -0.05) is 23.4 Å². The molecule has 9 nitrogen and oxygen atoms in total. The van der Waals surface area contributed by atoms with Crippen LogP contribution >= 0.6 is 11.3 Å². The van der Waals surface area contributed by atoms with E-state index in [2.05, 4.69) is 14.9 Å². The monoisotopic (exact) mass is 448 g/mol. The van der Waals surface area contributed by atoms with E-state index in [9.17, 15) is 13.2 Å². The van der Waals surface area contributed by atoms with E-state index in [0.717, 1.165) is 22.5 Å². The Morgan fingerprint density at radius 3 is 2.60 bits per heavy atom. The number of anilines is 1. The molecule has 2 aromatic heterocycles. The van der Waals surface area contributed by atoms with Gasteiger partial charge in [-0.2, -0.15) is 4.98 Å². The topological polar surface area (TPSA) is 115 Å². The fraction of sp³-hybridized carbons (Fsp3) is 0.316. The molecule has 11 heteroatoms. The lowest BCUT2D eigenvalue weighted by Crippen LogP contribution is -2.40. The predicted molar refractivity (Wildman–Crippen MR) is 111 cm³/mol. The summed E-state index contributed by atoms with van der Waals surface area (Å²) in [6, 6.07) is 7.03. The third kappa shape index (κ3) is 4.09. The molecule has 0 bridgehead atoms. The van der Waals surface area contributed by atoms with Crippen LogP contribution in [0.25, 0.3) is 11.4 Å². The smallest absolute Gasteiger partial charge is 0.316 e. The average Bonchev–Trinajstić information content (AvgIpc) is 3.41. The van der Waals surface area contributed by atoms with Gasteiger partial charge < -0.3 is 14.2 Å². The quantitative estimate of drug-likeness (QED) is 0.638. The van der Waals surface area contributed by atoms with E-state index in [1.54, 1.807) is 10.3 Å². The average molecular weight is 449 g/mol. The number of thiophene rings is 1. The summed E-state index contributed by atoms with van der Waals surface area (Å²) in [5.74, 6) is -0.329. The van der Waals surface area contributed by atoms with Crippen molar-refractivity contribution in [3.8, 4) is 11.4 Å². The molecule has 1 N–H and O–H groups in total. The number of aryl methyl sites for hydroxylation is 2. The maximum atomic E-state index is 12.8. The summed E-state index contributed by atoms with van der Waals surface area (Å²) in [6.07, 6.45) is 0. The number of nitrogens with one attached hydrogen (secondary N) is 1. The lowest BCUT2D eigenvalue weighted by Gasteiger charge is -2.25. The number of ether oxygens (including phenoxy) is 1. The zero-order valence-electron chi connectivity index (χ0n) is 16.4. The molecular formula is C19H20N4O5S2. The largest absolute Gasteiger partial charge is 0.378 e. The number of nitrogens with zero attached hydrogens (tertiary/aromatic N) is 3. The third-order valence-electron chi connectivity index (χ3n) is 4.72. The van der Waals surface area contributed by atoms with Crippen LogP contribution in [0.3, 0.4) is 0 Å². The zero-order chi connectivity index (χ0) is 21.3. The molecule has 1 aliphatic heterocycles. The van der Waals surface area contributed by atoms with Crippen molar-refractivity contribution >= 4 is 33.0 Å². The van der Waals surface area contributed by atoms with Crippen LogP contribution in [0, 0.1) is 13.8 Å². The molecule has 1 aromatic carbocycles. The summed E-state index contributed by atoms with van der Waals surface area (Å²) in [6.45, 7) is 5.54. The van der Waals surface area contributed by atoms with E-state index < -0.39 is 10.0 Å². The van der Waals surface area contributed by atoms with Crippen LogP contribution in [-0.2, 0) is 14.8 Å². The van der Waals surface area contributed by atoms with E-state index in [4.69, 9.17) is 9.26 Å². The molecule has 0 radical (unpaired) electrons. The van der Waals surface area contributed by atoms with Crippen LogP contribution < -0.4 is 4.72 Å². The van der Waals surface area contributed by atoms with Gasteiger partial charge in [-0.25, -0.2) is 8.42 Å². The summed E-state index contributed by atoms with van der Waals surface area (Å²) < 4.78 is 38.8. The maximum Gasteiger partial charge on any atom is 0.316 e. The molecule has 0 atom stereocenters. The Labute approximate surface area is 177 Å². The summed E-state index contributed by atoms with van der Waals surface area (Å²) in [5.41, 5.74) is 2.69. The van der Waals surface area contributed by atoms with Gasteiger partial charge in [0.15, 0.2) is 0 Å². The molecule has 3 aromatic rings. The molecule has 1 amide bonds. The van der Waals surface area contributed by atoms with Crippen LogP contribution in [0.4, 0.5) is 5.69 Å². The molecule has 4 rings (SSSR count). The maximum absolute atomic E-state index is 12.8. The Bertz CT molecular complexity index is 1160. The minimum atomic E-state index is -3.78. The number of rotatable bonds is 5. The predicted octanol–water partition coefficient (Wildman–Crippen LogP) is 2.69. The molecule has 0 spiro atoms. The third-order valence-corrected chi connectivity index (χ3v) is 7.51. The van der Waals surface area contributed by atoms with Gasteiger partial charge in [0, 0.05) is 24.0 Å². The molecule has 0 unspecified atom stereocenters. The highest BCUT2D eigenvalue weighted by atomic mass is 32.2. The van der Waals surface area contributed by atoms with Crippen LogP contribution in [0.15, 0.2) is 38.4 Å². The minimum Gasteiger partial charge on any atom is -0.378 e. The lowest BCUT2D eigenvalue weighted by atomic mass is 10.1. The van der Waals surface area contributed by atoms with Crippen molar-refractivity contribution in [1.82, 2.24) is 15.0 Å². The Balaban J connectivity index is 1.54.